The fourth-order valence-electron chi connectivity index (χ4n) is 0.699. The molecule has 0 N–H and O–H groups in total. The highest BCUT2D eigenvalue weighted by Gasteiger charge is 1.79. The second-order valence-corrected chi connectivity index (χ2v) is 2.46. The van der Waals surface area contributed by atoms with E-state index in [1.165, 1.54) is 19.3 Å². The van der Waals surface area contributed by atoms with E-state index < -0.39 is 0 Å². The zero-order chi connectivity index (χ0) is 7.66. The summed E-state index contributed by atoms with van der Waals surface area (Å²) < 4.78 is 0. The summed E-state index contributed by atoms with van der Waals surface area (Å²) in [6.07, 6.45) is 13.8. The van der Waals surface area contributed by atoms with Gasteiger partial charge in [0.15, 0.2) is 0 Å². The summed E-state index contributed by atoms with van der Waals surface area (Å²) in [5, 5.41) is 0. The van der Waals surface area contributed by atoms with Crippen LogP contribution in [0.3, 0.4) is 0 Å². The first-order valence-corrected chi connectivity index (χ1v) is 4.21. The summed E-state index contributed by atoms with van der Waals surface area (Å²) in [4.78, 5) is 0. The maximum Gasteiger partial charge on any atom is -0.0169 e. The fraction of sp³-hybridized carbons (Fsp3) is 0.600. The summed E-state index contributed by atoms with van der Waals surface area (Å²) in [7, 11) is 0. The van der Waals surface area contributed by atoms with E-state index in [1.54, 1.807) is 0 Å². The lowest BCUT2D eigenvalue weighted by atomic mass is 10.3. The second kappa shape index (κ2) is 8.48. The lowest BCUT2D eigenvalue weighted by molar-refractivity contribution is 1.06. The van der Waals surface area contributed by atoms with E-state index in [-0.39, 0.29) is 0 Å². The second-order valence-electron chi connectivity index (χ2n) is 2.46. The van der Waals surface area contributed by atoms with Gasteiger partial charge in [0.05, 0.1) is 0 Å². The standard InChI is InChI=1S/C7H10.C3H8/c1-2-4-6-7-5-3-1;1-3-2/h1-2,5,7H,3-4,6H2;3H2,1-2H3. The van der Waals surface area contributed by atoms with Crippen molar-refractivity contribution in [2.75, 3.05) is 0 Å². The monoisotopic (exact) mass is 138 g/mol. The zero-order valence-corrected chi connectivity index (χ0v) is 7.14. The van der Waals surface area contributed by atoms with Crippen molar-refractivity contribution in [3.05, 3.63) is 24.3 Å². The minimum atomic E-state index is 1.14. The van der Waals surface area contributed by atoms with Gasteiger partial charge < -0.3 is 0 Å². The molecule has 0 atom stereocenters. The Kier molecular flexibility index (Phi) is 8.04. The van der Waals surface area contributed by atoms with Crippen molar-refractivity contribution in [2.45, 2.75) is 39.5 Å². The topological polar surface area (TPSA) is 0 Å². The Morgan fingerprint density at radius 1 is 0.900 bits per heavy atom. The van der Waals surface area contributed by atoms with Crippen molar-refractivity contribution < 1.29 is 0 Å². The average Bonchev–Trinajstić information content (AvgIpc) is 2.17. The van der Waals surface area contributed by atoms with E-state index in [1.807, 2.05) is 0 Å². The van der Waals surface area contributed by atoms with Crippen molar-refractivity contribution in [1.82, 2.24) is 0 Å². The number of hydrogen-bond donors (Lipinski definition) is 0. The van der Waals surface area contributed by atoms with Gasteiger partial charge in [-0.05, 0) is 19.3 Å². The first-order valence-electron chi connectivity index (χ1n) is 4.21. The molecule has 0 saturated carbocycles. The minimum absolute atomic E-state index is 1.14. The zero-order valence-electron chi connectivity index (χ0n) is 7.14. The van der Waals surface area contributed by atoms with Crippen LogP contribution in [0.2, 0.25) is 0 Å². The Morgan fingerprint density at radius 2 is 1.30 bits per heavy atom. The van der Waals surface area contributed by atoms with Crippen LogP contribution in [0.1, 0.15) is 39.5 Å². The molecule has 10 heavy (non-hydrogen) atoms. The van der Waals surface area contributed by atoms with Crippen LogP contribution >= 0.6 is 0 Å². The van der Waals surface area contributed by atoms with Crippen molar-refractivity contribution in [3.8, 4) is 0 Å². The molecule has 58 valence electrons. The molecule has 0 aromatic rings. The highest BCUT2D eigenvalue weighted by Crippen LogP contribution is 2.00. The van der Waals surface area contributed by atoms with Crippen LogP contribution in [-0.2, 0) is 0 Å². The number of hydrogen-bond acceptors (Lipinski definition) is 0. The van der Waals surface area contributed by atoms with Gasteiger partial charge in [0.25, 0.3) is 0 Å². The molecule has 1 rings (SSSR count). The Balaban J connectivity index is 0.000000236. The lowest BCUT2D eigenvalue weighted by Crippen LogP contribution is -1.56. The maximum atomic E-state index is 2.24. The van der Waals surface area contributed by atoms with Gasteiger partial charge in [0.2, 0.25) is 0 Å². The lowest BCUT2D eigenvalue weighted by Gasteiger charge is -1.76. The van der Waals surface area contributed by atoms with Crippen LogP contribution in [-0.4, -0.2) is 0 Å². The van der Waals surface area contributed by atoms with E-state index in [2.05, 4.69) is 38.2 Å². The van der Waals surface area contributed by atoms with E-state index in [0.29, 0.717) is 0 Å². The molecule has 1 aliphatic carbocycles. The minimum Gasteiger partial charge on any atom is -0.0879 e. The van der Waals surface area contributed by atoms with Gasteiger partial charge in [-0.3, -0.25) is 0 Å². The Hall–Kier alpha value is -0.520. The van der Waals surface area contributed by atoms with Gasteiger partial charge in [0, 0.05) is 0 Å². The summed E-state index contributed by atoms with van der Waals surface area (Å²) in [6.45, 7) is 4.25. The third kappa shape index (κ3) is 7.48. The van der Waals surface area contributed by atoms with Crippen molar-refractivity contribution in [2.24, 2.45) is 0 Å². The van der Waals surface area contributed by atoms with E-state index in [9.17, 15) is 0 Å². The van der Waals surface area contributed by atoms with Crippen LogP contribution in [0.5, 0.6) is 0 Å². The van der Waals surface area contributed by atoms with Crippen molar-refractivity contribution in [1.29, 1.82) is 0 Å². The molecule has 0 heteroatoms. The van der Waals surface area contributed by atoms with Crippen LogP contribution in [0.15, 0.2) is 24.3 Å². The van der Waals surface area contributed by atoms with E-state index in [0.717, 1.165) is 6.42 Å². The molecule has 0 fully saturated rings. The van der Waals surface area contributed by atoms with Gasteiger partial charge >= 0.3 is 0 Å². The third-order valence-corrected chi connectivity index (χ3v) is 1.11. The molecule has 0 aromatic carbocycles. The van der Waals surface area contributed by atoms with Crippen LogP contribution < -0.4 is 0 Å². The smallest absolute Gasteiger partial charge is 0.0169 e. The van der Waals surface area contributed by atoms with Gasteiger partial charge in [0.1, 0.15) is 0 Å². The molecule has 0 spiro atoms. The number of rotatable bonds is 0. The van der Waals surface area contributed by atoms with Crippen LogP contribution in [0.25, 0.3) is 0 Å². The molecular formula is C10H18. The molecular weight excluding hydrogens is 120 g/mol. The van der Waals surface area contributed by atoms with Crippen LogP contribution in [0, 0.1) is 0 Å². The summed E-state index contributed by atoms with van der Waals surface area (Å²) in [5.41, 5.74) is 0. The molecule has 0 unspecified atom stereocenters. The molecule has 0 aromatic heterocycles. The quantitative estimate of drug-likeness (QED) is 0.448. The number of allylic oxidation sites excluding steroid dienone is 4. The highest BCUT2D eigenvalue weighted by atomic mass is 13.9. The largest absolute Gasteiger partial charge is 0.0879 e. The summed E-state index contributed by atoms with van der Waals surface area (Å²) in [6, 6.07) is 0. The molecule has 0 saturated heterocycles. The molecule has 0 aliphatic heterocycles. The Bertz CT molecular complexity index is 86.6. The highest BCUT2D eigenvalue weighted by molar-refractivity contribution is 4.97. The molecule has 0 radical (unpaired) electrons. The summed E-state index contributed by atoms with van der Waals surface area (Å²) in [5.74, 6) is 0. The van der Waals surface area contributed by atoms with E-state index >= 15 is 0 Å². The third-order valence-electron chi connectivity index (χ3n) is 1.11. The van der Waals surface area contributed by atoms with Crippen molar-refractivity contribution in [3.63, 3.8) is 0 Å². The van der Waals surface area contributed by atoms with Crippen LogP contribution in [0.4, 0.5) is 0 Å². The maximum absolute atomic E-state index is 2.24. The molecule has 0 bridgehead atoms. The normalized spacial score (nSPS) is 15.4. The molecule has 0 heterocycles. The van der Waals surface area contributed by atoms with Gasteiger partial charge in [-0.25, -0.2) is 0 Å². The SMILES string of the molecule is C1=CCCC=CC1.CCC. The molecule has 1 aliphatic rings. The van der Waals surface area contributed by atoms with Crippen molar-refractivity contribution >= 4 is 0 Å². The van der Waals surface area contributed by atoms with E-state index in [4.69, 9.17) is 0 Å². The Morgan fingerprint density at radius 3 is 1.70 bits per heavy atom. The predicted molar refractivity (Wildman–Crippen MR) is 48.1 cm³/mol. The predicted octanol–water partition coefficient (Wildman–Crippen LogP) is 3.70. The summed E-state index contributed by atoms with van der Waals surface area (Å²) >= 11 is 0. The fourth-order valence-corrected chi connectivity index (χ4v) is 0.699. The van der Waals surface area contributed by atoms with Gasteiger partial charge in [-0.1, -0.05) is 44.6 Å². The first-order chi connectivity index (χ1) is 4.91. The van der Waals surface area contributed by atoms with Gasteiger partial charge in [-0.2, -0.15) is 0 Å². The molecule has 0 amide bonds. The molecule has 0 nitrogen and oxygen atoms in total. The Labute approximate surface area is 64.6 Å². The average molecular weight is 138 g/mol. The first kappa shape index (κ1) is 9.48. The van der Waals surface area contributed by atoms with Gasteiger partial charge in [-0.15, -0.1) is 0 Å².